The van der Waals surface area contributed by atoms with Crippen LogP contribution in [-0.2, 0) is 16.0 Å². The Morgan fingerprint density at radius 1 is 1.04 bits per heavy atom. The lowest BCUT2D eigenvalue weighted by Crippen LogP contribution is -2.48. The second-order valence-electron chi connectivity index (χ2n) is 6.66. The maximum absolute atomic E-state index is 12.8. The third-order valence-electron chi connectivity index (χ3n) is 4.55. The number of benzene rings is 2. The van der Waals surface area contributed by atoms with Crippen molar-refractivity contribution in [3.63, 3.8) is 0 Å². The average Bonchev–Trinajstić information content (AvgIpc) is 2.73. The van der Waals surface area contributed by atoms with E-state index in [0.29, 0.717) is 32.5 Å². The molecule has 0 bridgehead atoms. The Morgan fingerprint density at radius 2 is 1.68 bits per heavy atom. The summed E-state index contributed by atoms with van der Waals surface area (Å²) in [4.78, 5) is 26.8. The largest absolute Gasteiger partial charge is 0.494 e. The fourth-order valence-electron chi connectivity index (χ4n) is 2.97. The predicted molar refractivity (Wildman–Crippen MR) is 111 cm³/mol. The van der Waals surface area contributed by atoms with Gasteiger partial charge >= 0.3 is 0 Å². The monoisotopic (exact) mass is 382 g/mol. The molecule has 0 spiro atoms. The van der Waals surface area contributed by atoms with Gasteiger partial charge in [-0.3, -0.25) is 9.59 Å². The zero-order chi connectivity index (χ0) is 20.2. The number of likely N-dealkylation sites (N-methyl/N-ethyl adjacent to an activating group) is 1. The van der Waals surface area contributed by atoms with Crippen molar-refractivity contribution in [2.45, 2.75) is 39.2 Å². The molecule has 0 fully saturated rings. The van der Waals surface area contributed by atoms with E-state index in [9.17, 15) is 9.59 Å². The maximum Gasteiger partial charge on any atom is 0.242 e. The van der Waals surface area contributed by atoms with Gasteiger partial charge in [-0.1, -0.05) is 48.5 Å². The predicted octanol–water partition coefficient (Wildman–Crippen LogP) is 3.44. The number of rotatable bonds is 11. The minimum atomic E-state index is -0.494. The summed E-state index contributed by atoms with van der Waals surface area (Å²) in [5.74, 6) is 0.655. The van der Waals surface area contributed by atoms with Gasteiger partial charge in [-0.05, 0) is 44.4 Å². The molecular formula is C23H30N2O3. The van der Waals surface area contributed by atoms with E-state index in [1.54, 1.807) is 11.8 Å². The van der Waals surface area contributed by atoms with Crippen LogP contribution in [0.1, 0.15) is 32.3 Å². The number of ether oxygens (including phenoxy) is 1. The molecule has 0 heterocycles. The molecule has 0 aliphatic rings. The molecule has 28 heavy (non-hydrogen) atoms. The highest BCUT2D eigenvalue weighted by atomic mass is 16.5. The third kappa shape index (κ3) is 7.06. The van der Waals surface area contributed by atoms with Crippen molar-refractivity contribution in [3.8, 4) is 5.75 Å². The van der Waals surface area contributed by atoms with Crippen LogP contribution in [0, 0.1) is 0 Å². The van der Waals surface area contributed by atoms with Gasteiger partial charge in [0.15, 0.2) is 0 Å². The van der Waals surface area contributed by atoms with Gasteiger partial charge in [-0.15, -0.1) is 0 Å². The van der Waals surface area contributed by atoms with E-state index < -0.39 is 6.04 Å². The second kappa shape index (κ2) is 11.8. The van der Waals surface area contributed by atoms with E-state index in [1.807, 2.05) is 67.6 Å². The van der Waals surface area contributed by atoms with Gasteiger partial charge in [0.1, 0.15) is 11.8 Å². The van der Waals surface area contributed by atoms with Gasteiger partial charge < -0.3 is 15.0 Å². The van der Waals surface area contributed by atoms with Crippen LogP contribution < -0.4 is 10.1 Å². The van der Waals surface area contributed by atoms with Crippen LogP contribution >= 0.6 is 0 Å². The highest BCUT2D eigenvalue weighted by molar-refractivity contribution is 5.87. The van der Waals surface area contributed by atoms with Gasteiger partial charge in [-0.2, -0.15) is 0 Å². The normalized spacial score (nSPS) is 11.5. The molecule has 0 aliphatic heterocycles. The number of para-hydroxylation sites is 1. The summed E-state index contributed by atoms with van der Waals surface area (Å²) in [6.07, 6.45) is 1.68. The van der Waals surface area contributed by atoms with Gasteiger partial charge in [0.05, 0.1) is 6.61 Å². The van der Waals surface area contributed by atoms with E-state index in [-0.39, 0.29) is 11.8 Å². The quantitative estimate of drug-likeness (QED) is 0.606. The molecule has 0 saturated heterocycles. The van der Waals surface area contributed by atoms with Gasteiger partial charge in [0.25, 0.3) is 0 Å². The summed E-state index contributed by atoms with van der Waals surface area (Å²) in [6, 6.07) is 19.1. The number of hydrogen-bond donors (Lipinski definition) is 1. The Balaban J connectivity index is 1.90. The first-order chi connectivity index (χ1) is 13.6. The molecule has 0 unspecified atom stereocenters. The first-order valence-corrected chi connectivity index (χ1v) is 9.90. The van der Waals surface area contributed by atoms with Crippen LogP contribution in [-0.4, -0.2) is 42.5 Å². The third-order valence-corrected chi connectivity index (χ3v) is 4.55. The summed E-state index contributed by atoms with van der Waals surface area (Å²) in [7, 11) is 0. The molecule has 2 rings (SSSR count). The molecule has 0 saturated carbocycles. The first-order valence-electron chi connectivity index (χ1n) is 9.90. The Morgan fingerprint density at radius 3 is 2.32 bits per heavy atom. The van der Waals surface area contributed by atoms with Crippen LogP contribution in [0.25, 0.3) is 0 Å². The summed E-state index contributed by atoms with van der Waals surface area (Å²) >= 11 is 0. The Labute approximate surface area is 167 Å². The van der Waals surface area contributed by atoms with Crippen molar-refractivity contribution < 1.29 is 14.3 Å². The van der Waals surface area contributed by atoms with Gasteiger partial charge in [-0.25, -0.2) is 0 Å². The van der Waals surface area contributed by atoms with Gasteiger partial charge in [0.2, 0.25) is 11.8 Å². The van der Waals surface area contributed by atoms with E-state index in [1.165, 1.54) is 0 Å². The molecule has 2 aromatic rings. The molecule has 1 N–H and O–H groups in total. The summed E-state index contributed by atoms with van der Waals surface area (Å²) in [5.41, 5.74) is 1.15. The van der Waals surface area contributed by atoms with Crippen LogP contribution in [0.4, 0.5) is 0 Å². The minimum Gasteiger partial charge on any atom is -0.494 e. The number of hydrogen-bond acceptors (Lipinski definition) is 3. The number of carbonyl (C=O) groups excluding carboxylic acids is 2. The fourth-order valence-corrected chi connectivity index (χ4v) is 2.97. The van der Waals surface area contributed by atoms with Crippen LogP contribution in [0.5, 0.6) is 5.75 Å². The van der Waals surface area contributed by atoms with Gasteiger partial charge in [0, 0.05) is 19.5 Å². The Bertz CT molecular complexity index is 719. The number of carbonyl (C=O) groups is 2. The second-order valence-corrected chi connectivity index (χ2v) is 6.66. The molecule has 2 aromatic carbocycles. The van der Waals surface area contributed by atoms with Crippen molar-refractivity contribution in [1.82, 2.24) is 10.2 Å². The highest BCUT2D eigenvalue weighted by Gasteiger charge is 2.24. The number of nitrogens with one attached hydrogen (secondary N) is 1. The molecule has 1 atom stereocenters. The van der Waals surface area contributed by atoms with E-state index >= 15 is 0 Å². The SMILES string of the molecule is CCNC(=O)[C@@H](C)N(CCc1ccccc1)C(=O)CCCOc1ccccc1. The molecule has 0 aromatic heterocycles. The lowest BCUT2D eigenvalue weighted by molar-refractivity contribution is -0.140. The maximum atomic E-state index is 12.8. The Hall–Kier alpha value is -2.82. The number of amides is 2. The molecular weight excluding hydrogens is 352 g/mol. The zero-order valence-corrected chi connectivity index (χ0v) is 16.8. The van der Waals surface area contributed by atoms with Crippen LogP contribution in [0.15, 0.2) is 60.7 Å². The van der Waals surface area contributed by atoms with Crippen molar-refractivity contribution in [2.75, 3.05) is 19.7 Å². The minimum absolute atomic E-state index is 0.0219. The van der Waals surface area contributed by atoms with Crippen molar-refractivity contribution in [1.29, 1.82) is 0 Å². The number of nitrogens with zero attached hydrogens (tertiary/aromatic N) is 1. The molecule has 5 heteroatoms. The molecule has 0 radical (unpaired) electrons. The van der Waals surface area contributed by atoms with Crippen LogP contribution in [0.2, 0.25) is 0 Å². The van der Waals surface area contributed by atoms with E-state index in [0.717, 1.165) is 17.7 Å². The van der Waals surface area contributed by atoms with Crippen molar-refractivity contribution in [3.05, 3.63) is 66.2 Å². The standard InChI is InChI=1S/C23H30N2O3/c1-3-24-23(27)19(2)25(17-16-20-11-6-4-7-12-20)22(26)15-10-18-28-21-13-8-5-9-14-21/h4-9,11-14,19H,3,10,15-18H2,1-2H3,(H,24,27)/t19-/m1/s1. The molecule has 0 aliphatic carbocycles. The molecule has 5 nitrogen and oxygen atoms in total. The van der Waals surface area contributed by atoms with Crippen LogP contribution in [0.3, 0.4) is 0 Å². The molecule has 2 amide bonds. The van der Waals surface area contributed by atoms with E-state index in [4.69, 9.17) is 4.74 Å². The summed E-state index contributed by atoms with van der Waals surface area (Å²) < 4.78 is 5.66. The smallest absolute Gasteiger partial charge is 0.242 e. The first kappa shape index (κ1) is 21.5. The van der Waals surface area contributed by atoms with E-state index in [2.05, 4.69) is 5.32 Å². The molecule has 150 valence electrons. The van der Waals surface area contributed by atoms with Crippen molar-refractivity contribution >= 4 is 11.8 Å². The Kier molecular flexibility index (Phi) is 9.05. The lowest BCUT2D eigenvalue weighted by Gasteiger charge is -2.28. The lowest BCUT2D eigenvalue weighted by atomic mass is 10.1. The topological polar surface area (TPSA) is 58.6 Å². The highest BCUT2D eigenvalue weighted by Crippen LogP contribution is 2.11. The average molecular weight is 383 g/mol. The zero-order valence-electron chi connectivity index (χ0n) is 16.8. The fraction of sp³-hybridized carbons (Fsp3) is 0.391. The summed E-state index contributed by atoms with van der Waals surface area (Å²) in [5, 5.41) is 2.81. The van der Waals surface area contributed by atoms with Crippen molar-refractivity contribution in [2.24, 2.45) is 0 Å². The summed E-state index contributed by atoms with van der Waals surface area (Å²) in [6.45, 7) is 5.20.